The van der Waals surface area contributed by atoms with E-state index in [9.17, 15) is 19.7 Å². The highest BCUT2D eigenvalue weighted by atomic mass is 16.7. The maximum Gasteiger partial charge on any atom is 0.338 e. The Labute approximate surface area is 184 Å². The molecule has 0 aliphatic carbocycles. The largest absolute Gasteiger partial charge is 0.463 e. The lowest BCUT2D eigenvalue weighted by Crippen LogP contribution is -2.51. The topological polar surface area (TPSA) is 132 Å². The van der Waals surface area contributed by atoms with Gasteiger partial charge in [-0.3, -0.25) is 15.0 Å². The Hall–Kier alpha value is -3.02. The summed E-state index contributed by atoms with van der Waals surface area (Å²) in [6.45, 7) is 4.79. The van der Waals surface area contributed by atoms with Crippen LogP contribution in [0.15, 0.2) is 35.5 Å². The molecule has 1 atom stereocenters. The van der Waals surface area contributed by atoms with Gasteiger partial charge in [0, 0.05) is 50.3 Å². The first kappa shape index (κ1) is 22.2. The summed E-state index contributed by atoms with van der Waals surface area (Å²) in [5, 5.41) is 16.5. The molecular weight excluding hydrogens is 420 g/mol. The second-order valence-electron chi connectivity index (χ2n) is 7.88. The van der Waals surface area contributed by atoms with Gasteiger partial charge in [-0.2, -0.15) is 0 Å². The van der Waals surface area contributed by atoms with Crippen molar-refractivity contribution < 1.29 is 28.7 Å². The van der Waals surface area contributed by atoms with Gasteiger partial charge in [-0.25, -0.2) is 9.59 Å². The van der Waals surface area contributed by atoms with Gasteiger partial charge in [0.1, 0.15) is 0 Å². The van der Waals surface area contributed by atoms with Crippen molar-refractivity contribution in [3.63, 3.8) is 0 Å². The van der Waals surface area contributed by atoms with E-state index < -0.39 is 28.8 Å². The predicted octanol–water partition coefficient (Wildman–Crippen LogP) is 1.60. The summed E-state index contributed by atoms with van der Waals surface area (Å²) in [7, 11) is 0. The average Bonchev–Trinajstić information content (AvgIpc) is 3.23. The number of esters is 1. The number of piperidine rings is 1. The fourth-order valence-corrected chi connectivity index (χ4v) is 4.29. The minimum atomic E-state index is -0.781. The number of non-ortho nitro benzene ring substituents is 1. The van der Waals surface area contributed by atoms with Crippen LogP contribution in [0.2, 0.25) is 0 Å². The molecule has 2 saturated heterocycles. The fraction of sp³-hybridized carbons (Fsp3) is 0.524. The lowest BCUT2D eigenvalue weighted by atomic mass is 9.94. The summed E-state index contributed by atoms with van der Waals surface area (Å²) in [5.41, 5.74) is 1.22. The molecule has 0 saturated carbocycles. The number of urea groups is 1. The Morgan fingerprint density at radius 2 is 1.91 bits per heavy atom. The number of carbonyl (C=O) groups is 2. The van der Waals surface area contributed by atoms with Crippen molar-refractivity contribution >= 4 is 17.7 Å². The minimum Gasteiger partial charge on any atom is -0.463 e. The van der Waals surface area contributed by atoms with Gasteiger partial charge in [-0.1, -0.05) is 0 Å². The maximum atomic E-state index is 12.9. The fourth-order valence-electron chi connectivity index (χ4n) is 4.29. The number of nitrogens with one attached hydrogen (secondary N) is 2. The Balaban J connectivity index is 1.60. The van der Waals surface area contributed by atoms with Gasteiger partial charge in [0.15, 0.2) is 5.79 Å². The van der Waals surface area contributed by atoms with Crippen molar-refractivity contribution in [2.24, 2.45) is 0 Å². The summed E-state index contributed by atoms with van der Waals surface area (Å²) in [6.07, 6.45) is 1.40. The van der Waals surface area contributed by atoms with Crippen molar-refractivity contribution in [2.75, 3.05) is 39.5 Å². The number of ether oxygens (including phenoxy) is 3. The molecule has 0 aromatic heterocycles. The molecule has 32 heavy (non-hydrogen) atoms. The summed E-state index contributed by atoms with van der Waals surface area (Å²) in [4.78, 5) is 37.9. The maximum absolute atomic E-state index is 12.9. The van der Waals surface area contributed by atoms with Gasteiger partial charge in [0.25, 0.3) is 5.69 Å². The smallest absolute Gasteiger partial charge is 0.338 e. The highest BCUT2D eigenvalue weighted by Gasteiger charge is 2.41. The molecular formula is C21H26N4O7. The molecule has 11 nitrogen and oxygen atoms in total. The molecule has 11 heteroatoms. The van der Waals surface area contributed by atoms with E-state index in [2.05, 4.69) is 15.5 Å². The number of nitro benzene ring substituents is 1. The molecule has 1 aromatic rings. The van der Waals surface area contributed by atoms with Gasteiger partial charge in [-0.15, -0.1) is 0 Å². The number of likely N-dealkylation sites (tertiary alicyclic amines) is 1. The van der Waals surface area contributed by atoms with E-state index in [1.807, 2.05) is 0 Å². The Morgan fingerprint density at radius 3 is 2.50 bits per heavy atom. The molecule has 0 bridgehead atoms. The zero-order valence-electron chi connectivity index (χ0n) is 17.8. The number of carbonyl (C=O) groups excluding carboxylic acids is 2. The zero-order chi connectivity index (χ0) is 22.7. The van der Waals surface area contributed by atoms with Crippen LogP contribution in [-0.2, 0) is 19.0 Å². The molecule has 2 amide bonds. The van der Waals surface area contributed by atoms with Gasteiger partial charge in [0.2, 0.25) is 0 Å². The lowest BCUT2D eigenvalue weighted by molar-refractivity contribution is -0.384. The molecule has 3 aliphatic rings. The molecule has 3 aliphatic heterocycles. The van der Waals surface area contributed by atoms with Crippen molar-refractivity contribution in [3.8, 4) is 0 Å². The normalized spacial score (nSPS) is 23.0. The number of hydrogen-bond donors (Lipinski definition) is 2. The van der Waals surface area contributed by atoms with Crippen molar-refractivity contribution in [1.29, 1.82) is 0 Å². The lowest BCUT2D eigenvalue weighted by Gasteiger charge is -2.39. The molecule has 1 aromatic carbocycles. The monoisotopic (exact) mass is 446 g/mol. The highest BCUT2D eigenvalue weighted by molar-refractivity contribution is 5.95. The van der Waals surface area contributed by atoms with E-state index in [4.69, 9.17) is 14.2 Å². The van der Waals surface area contributed by atoms with Crippen molar-refractivity contribution in [2.45, 2.75) is 31.6 Å². The van der Waals surface area contributed by atoms with Crippen LogP contribution in [0.4, 0.5) is 10.5 Å². The van der Waals surface area contributed by atoms with Crippen LogP contribution in [0.5, 0.6) is 0 Å². The molecule has 0 radical (unpaired) electrons. The first-order valence-electron chi connectivity index (χ1n) is 10.6. The van der Waals surface area contributed by atoms with E-state index in [1.165, 1.54) is 24.3 Å². The van der Waals surface area contributed by atoms with Gasteiger partial charge in [-0.05, 0) is 24.6 Å². The van der Waals surface area contributed by atoms with E-state index >= 15 is 0 Å². The van der Waals surface area contributed by atoms with E-state index in [1.54, 1.807) is 6.92 Å². The quantitative estimate of drug-likeness (QED) is 0.383. The number of rotatable bonds is 6. The van der Waals surface area contributed by atoms with Crippen LogP contribution in [0.25, 0.3) is 0 Å². The first-order valence-corrected chi connectivity index (χ1v) is 10.6. The van der Waals surface area contributed by atoms with Gasteiger partial charge >= 0.3 is 12.0 Å². The third-order valence-corrected chi connectivity index (χ3v) is 5.90. The minimum absolute atomic E-state index is 0.0745. The summed E-state index contributed by atoms with van der Waals surface area (Å²) < 4.78 is 16.8. The molecule has 2 fully saturated rings. The summed E-state index contributed by atoms with van der Waals surface area (Å²) in [5.74, 6) is -1.07. The second-order valence-corrected chi connectivity index (χ2v) is 7.88. The Bertz CT molecular complexity index is 915. The number of hydrogen-bond acceptors (Lipinski definition) is 8. The third kappa shape index (κ3) is 4.59. The first-order chi connectivity index (χ1) is 15.4. The molecule has 172 valence electrons. The van der Waals surface area contributed by atoms with E-state index in [0.29, 0.717) is 57.0 Å². The average molecular weight is 446 g/mol. The number of benzene rings is 1. The molecule has 4 rings (SSSR count). The van der Waals surface area contributed by atoms with Crippen LogP contribution in [0, 0.1) is 10.1 Å². The van der Waals surface area contributed by atoms with Crippen molar-refractivity contribution in [1.82, 2.24) is 15.5 Å². The standard InChI is InChI=1S/C21H26N4O7/c1-2-30-19(26)17-16(13-24-9-7-21(8-10-24)31-11-12-32-21)22-20(27)23-18(17)14-3-5-15(6-4-14)25(28)29/h3-6,18H,2,7-13H2,1H3,(H2,22,23,27)/t18-/m0/s1. The van der Waals surface area contributed by atoms with Crippen LogP contribution in [-0.4, -0.2) is 67.1 Å². The van der Waals surface area contributed by atoms with Crippen LogP contribution < -0.4 is 10.6 Å². The molecule has 3 heterocycles. The predicted molar refractivity (Wildman–Crippen MR) is 111 cm³/mol. The van der Waals surface area contributed by atoms with Crippen LogP contribution in [0.3, 0.4) is 0 Å². The van der Waals surface area contributed by atoms with Crippen molar-refractivity contribution in [3.05, 3.63) is 51.2 Å². The Morgan fingerprint density at radius 1 is 1.25 bits per heavy atom. The summed E-state index contributed by atoms with van der Waals surface area (Å²) in [6, 6.07) is 4.52. The molecule has 2 N–H and O–H groups in total. The number of nitrogens with zero attached hydrogens (tertiary/aromatic N) is 2. The zero-order valence-corrected chi connectivity index (χ0v) is 17.8. The third-order valence-electron chi connectivity index (χ3n) is 5.90. The van der Waals surface area contributed by atoms with E-state index in [-0.39, 0.29) is 17.9 Å². The van der Waals surface area contributed by atoms with Gasteiger partial charge < -0.3 is 24.8 Å². The van der Waals surface area contributed by atoms with Crippen LogP contribution >= 0.6 is 0 Å². The second kappa shape index (κ2) is 9.23. The van der Waals surface area contributed by atoms with E-state index in [0.717, 1.165) is 0 Å². The number of amides is 2. The summed E-state index contributed by atoms with van der Waals surface area (Å²) >= 11 is 0. The van der Waals surface area contributed by atoms with Gasteiger partial charge in [0.05, 0.1) is 36.4 Å². The SMILES string of the molecule is CCOC(=O)C1=C(CN2CCC3(CC2)OCCO3)NC(=O)N[C@H]1c1ccc([N+](=O)[O-])cc1. The molecule has 1 spiro atoms. The Kier molecular flexibility index (Phi) is 6.40. The van der Waals surface area contributed by atoms with Crippen LogP contribution in [0.1, 0.15) is 31.4 Å². The highest BCUT2D eigenvalue weighted by Crippen LogP contribution is 2.33. The number of nitro groups is 1. The molecule has 0 unspecified atom stereocenters.